The second-order valence-corrected chi connectivity index (χ2v) is 11.3. The summed E-state index contributed by atoms with van der Waals surface area (Å²) in [4.78, 5) is 32.9. The molecule has 39 heavy (non-hydrogen) atoms. The van der Waals surface area contributed by atoms with Crippen LogP contribution in [0.4, 0.5) is 4.79 Å². The maximum Gasteiger partial charge on any atom is 0.410 e. The third-order valence-electron chi connectivity index (χ3n) is 7.34. The van der Waals surface area contributed by atoms with Crippen LogP contribution in [-0.4, -0.2) is 48.4 Å². The molecule has 0 saturated carbocycles. The molecule has 2 amide bonds. The highest BCUT2D eigenvalue weighted by Crippen LogP contribution is 2.35. The van der Waals surface area contributed by atoms with E-state index < -0.39 is 11.1 Å². The van der Waals surface area contributed by atoms with Crippen LogP contribution in [0.2, 0.25) is 0 Å². The SMILES string of the molecule is COc1cccc(C2(NC(=O)c3cccc(-c4ccc5c(c4)C(C)=NC5)c3)CCN(C(=O)OC(C)(C)C)C2)c1. The first-order chi connectivity index (χ1) is 18.6. The van der Waals surface area contributed by atoms with Gasteiger partial charge in [-0.2, -0.15) is 0 Å². The number of aliphatic imine (C=N–C) groups is 1. The van der Waals surface area contributed by atoms with Crippen LogP contribution < -0.4 is 10.1 Å². The summed E-state index contributed by atoms with van der Waals surface area (Å²) >= 11 is 0. The molecule has 7 nitrogen and oxygen atoms in total. The van der Waals surface area contributed by atoms with Gasteiger partial charge >= 0.3 is 6.09 Å². The number of carbonyl (C=O) groups is 2. The highest BCUT2D eigenvalue weighted by molar-refractivity contribution is 6.03. The van der Waals surface area contributed by atoms with E-state index in [2.05, 4.69) is 28.5 Å². The van der Waals surface area contributed by atoms with Gasteiger partial charge in [-0.3, -0.25) is 9.79 Å². The molecular weight excluding hydrogens is 490 g/mol. The van der Waals surface area contributed by atoms with Crippen molar-refractivity contribution in [2.24, 2.45) is 4.99 Å². The number of fused-ring (bicyclic) bond motifs is 1. The van der Waals surface area contributed by atoms with Crippen molar-refractivity contribution in [3.05, 3.63) is 89.0 Å². The van der Waals surface area contributed by atoms with E-state index in [1.807, 2.05) is 76.2 Å². The van der Waals surface area contributed by atoms with Crippen molar-refractivity contribution in [1.82, 2.24) is 10.2 Å². The molecule has 1 N–H and O–H groups in total. The standard InChI is InChI=1S/C32H35N3O4/c1-21-28-17-23(12-13-25(28)19-33-21)22-8-6-9-24(16-22)29(36)34-32(26-10-7-11-27(18-26)38-5)14-15-35(20-32)30(37)39-31(2,3)4/h6-13,16-18H,14-15,19-20H2,1-5H3,(H,34,36). The Morgan fingerprint density at radius 3 is 2.54 bits per heavy atom. The normalized spacial score (nSPS) is 18.4. The molecule has 0 bridgehead atoms. The fraction of sp³-hybridized carbons (Fsp3) is 0.344. The Kier molecular flexibility index (Phi) is 6.93. The molecule has 1 saturated heterocycles. The van der Waals surface area contributed by atoms with E-state index in [0.29, 0.717) is 30.8 Å². The number of nitrogens with one attached hydrogen (secondary N) is 1. The summed E-state index contributed by atoms with van der Waals surface area (Å²) in [6.45, 7) is 9.04. The van der Waals surface area contributed by atoms with Gasteiger partial charge in [0.15, 0.2) is 0 Å². The molecule has 1 atom stereocenters. The summed E-state index contributed by atoms with van der Waals surface area (Å²) in [6.07, 6.45) is 0.160. The summed E-state index contributed by atoms with van der Waals surface area (Å²) in [5, 5.41) is 3.29. The van der Waals surface area contributed by atoms with Crippen LogP contribution in [-0.2, 0) is 16.8 Å². The lowest BCUT2D eigenvalue weighted by Crippen LogP contribution is -2.49. The van der Waals surface area contributed by atoms with Crippen molar-refractivity contribution in [3.8, 4) is 16.9 Å². The molecule has 3 aromatic carbocycles. The Morgan fingerprint density at radius 1 is 1.00 bits per heavy atom. The number of nitrogens with zero attached hydrogens (tertiary/aromatic N) is 2. The fourth-order valence-corrected chi connectivity index (χ4v) is 5.27. The maximum absolute atomic E-state index is 13.8. The van der Waals surface area contributed by atoms with Crippen molar-refractivity contribution in [1.29, 1.82) is 0 Å². The third kappa shape index (κ3) is 5.53. The molecule has 0 aromatic heterocycles. The first-order valence-corrected chi connectivity index (χ1v) is 13.3. The lowest BCUT2D eigenvalue weighted by molar-refractivity contribution is 0.0278. The summed E-state index contributed by atoms with van der Waals surface area (Å²) < 4.78 is 11.1. The minimum atomic E-state index is -0.792. The van der Waals surface area contributed by atoms with Gasteiger partial charge in [-0.25, -0.2) is 4.79 Å². The van der Waals surface area contributed by atoms with Gasteiger partial charge in [0.25, 0.3) is 5.91 Å². The van der Waals surface area contributed by atoms with Crippen molar-refractivity contribution >= 4 is 17.7 Å². The van der Waals surface area contributed by atoms with Crippen LogP contribution in [0.15, 0.2) is 71.7 Å². The van der Waals surface area contributed by atoms with Gasteiger partial charge in [-0.1, -0.05) is 36.4 Å². The zero-order valence-corrected chi connectivity index (χ0v) is 23.2. The van der Waals surface area contributed by atoms with E-state index in [-0.39, 0.29) is 12.0 Å². The van der Waals surface area contributed by atoms with Crippen molar-refractivity contribution in [3.63, 3.8) is 0 Å². The predicted octanol–water partition coefficient (Wildman–Crippen LogP) is 5.95. The second-order valence-electron chi connectivity index (χ2n) is 11.3. The largest absolute Gasteiger partial charge is 0.497 e. The van der Waals surface area contributed by atoms with Crippen LogP contribution in [0.1, 0.15) is 61.2 Å². The second kappa shape index (κ2) is 10.2. The molecule has 7 heteroatoms. The van der Waals surface area contributed by atoms with Gasteiger partial charge in [0.2, 0.25) is 0 Å². The molecule has 2 aliphatic heterocycles. The van der Waals surface area contributed by atoms with E-state index in [9.17, 15) is 9.59 Å². The molecule has 0 spiro atoms. The van der Waals surface area contributed by atoms with Crippen molar-refractivity contribution in [2.45, 2.75) is 51.8 Å². The molecule has 3 aromatic rings. The quantitative estimate of drug-likeness (QED) is 0.446. The molecule has 0 radical (unpaired) electrons. The molecule has 2 heterocycles. The Bertz CT molecular complexity index is 1460. The number of amides is 2. The fourth-order valence-electron chi connectivity index (χ4n) is 5.27. The van der Waals surface area contributed by atoms with Gasteiger partial charge in [0.05, 0.1) is 25.7 Å². The van der Waals surface area contributed by atoms with Crippen LogP contribution >= 0.6 is 0 Å². The minimum Gasteiger partial charge on any atom is -0.497 e. The molecule has 0 aliphatic carbocycles. The molecule has 1 unspecified atom stereocenters. The summed E-state index contributed by atoms with van der Waals surface area (Å²) in [5.74, 6) is 0.485. The zero-order valence-electron chi connectivity index (χ0n) is 23.2. The molecule has 2 aliphatic rings. The van der Waals surface area contributed by atoms with Gasteiger partial charge in [0, 0.05) is 23.4 Å². The summed E-state index contributed by atoms with van der Waals surface area (Å²) in [5.41, 5.74) is 5.46. The van der Waals surface area contributed by atoms with Crippen molar-refractivity contribution < 1.29 is 19.1 Å². The number of carbonyl (C=O) groups excluding carboxylic acids is 2. The smallest absolute Gasteiger partial charge is 0.410 e. The topological polar surface area (TPSA) is 80.2 Å². The van der Waals surface area contributed by atoms with Crippen LogP contribution in [0.3, 0.4) is 0 Å². The third-order valence-corrected chi connectivity index (χ3v) is 7.34. The van der Waals surface area contributed by atoms with E-state index in [1.165, 1.54) is 5.56 Å². The van der Waals surface area contributed by atoms with E-state index >= 15 is 0 Å². The minimum absolute atomic E-state index is 0.204. The first-order valence-electron chi connectivity index (χ1n) is 13.3. The number of hydrogen-bond acceptors (Lipinski definition) is 5. The lowest BCUT2D eigenvalue weighted by Gasteiger charge is -2.32. The van der Waals surface area contributed by atoms with Crippen LogP contribution in [0.25, 0.3) is 11.1 Å². The first kappa shape index (κ1) is 26.5. The van der Waals surface area contributed by atoms with Crippen molar-refractivity contribution in [2.75, 3.05) is 20.2 Å². The highest BCUT2D eigenvalue weighted by atomic mass is 16.6. The summed E-state index contributed by atoms with van der Waals surface area (Å²) in [6, 6.07) is 21.6. The van der Waals surface area contributed by atoms with Gasteiger partial charge in [-0.15, -0.1) is 0 Å². The average Bonchev–Trinajstić information content (AvgIpc) is 3.52. The molecular formula is C32H35N3O4. The van der Waals surface area contributed by atoms with Crippen LogP contribution in [0, 0.1) is 0 Å². The number of rotatable bonds is 5. The van der Waals surface area contributed by atoms with Gasteiger partial charge in [0.1, 0.15) is 11.4 Å². The van der Waals surface area contributed by atoms with E-state index in [4.69, 9.17) is 9.47 Å². The Morgan fingerprint density at radius 2 is 1.77 bits per heavy atom. The average molecular weight is 526 g/mol. The predicted molar refractivity (Wildman–Crippen MR) is 152 cm³/mol. The van der Waals surface area contributed by atoms with Gasteiger partial charge in [-0.05, 0) is 86.7 Å². The number of likely N-dealkylation sites (tertiary alicyclic amines) is 1. The number of hydrogen-bond donors (Lipinski definition) is 1. The highest BCUT2D eigenvalue weighted by Gasteiger charge is 2.44. The Balaban J connectivity index is 1.44. The molecule has 5 rings (SSSR count). The van der Waals surface area contributed by atoms with Crippen LogP contribution in [0.5, 0.6) is 5.75 Å². The molecule has 1 fully saturated rings. The van der Waals surface area contributed by atoms with E-state index in [1.54, 1.807) is 12.0 Å². The zero-order chi connectivity index (χ0) is 27.8. The maximum atomic E-state index is 13.8. The van der Waals surface area contributed by atoms with Gasteiger partial charge < -0.3 is 19.7 Å². The Hall–Kier alpha value is -4.13. The lowest BCUT2D eigenvalue weighted by atomic mass is 9.88. The Labute approximate surface area is 229 Å². The number of benzene rings is 3. The monoisotopic (exact) mass is 525 g/mol. The number of methoxy groups -OCH3 is 1. The summed E-state index contributed by atoms with van der Waals surface area (Å²) in [7, 11) is 1.61. The molecule has 202 valence electrons. The van der Waals surface area contributed by atoms with E-state index in [0.717, 1.165) is 34.5 Å². The number of ether oxygens (including phenoxy) is 2.